The van der Waals surface area contributed by atoms with E-state index in [0.29, 0.717) is 24.7 Å². The van der Waals surface area contributed by atoms with Crippen molar-refractivity contribution in [1.82, 2.24) is 4.98 Å². The minimum absolute atomic E-state index is 0.0977. The van der Waals surface area contributed by atoms with Gasteiger partial charge in [-0.15, -0.1) is 11.6 Å². The Bertz CT molecular complexity index is 603. The van der Waals surface area contributed by atoms with Gasteiger partial charge in [0.1, 0.15) is 30.0 Å². The van der Waals surface area contributed by atoms with Gasteiger partial charge in [-0.25, -0.2) is 4.39 Å². The highest BCUT2D eigenvalue weighted by molar-refractivity contribution is 6.16. The van der Waals surface area contributed by atoms with Gasteiger partial charge in [-0.1, -0.05) is 0 Å². The van der Waals surface area contributed by atoms with Crippen molar-refractivity contribution in [2.75, 3.05) is 6.61 Å². The second-order valence-electron chi connectivity index (χ2n) is 4.63. The molecule has 0 saturated heterocycles. The van der Waals surface area contributed by atoms with Gasteiger partial charge < -0.3 is 9.47 Å². The van der Waals surface area contributed by atoms with Crippen molar-refractivity contribution < 1.29 is 13.9 Å². The topological polar surface area (TPSA) is 31.4 Å². The van der Waals surface area contributed by atoms with Gasteiger partial charge >= 0.3 is 0 Å². The normalized spacial score (nSPS) is 16.6. The van der Waals surface area contributed by atoms with Crippen molar-refractivity contribution in [2.45, 2.75) is 18.4 Å². The third kappa shape index (κ3) is 2.85. The maximum atomic E-state index is 13.1. The average molecular weight is 294 g/mol. The smallest absolute Gasteiger partial charge is 0.137 e. The highest BCUT2D eigenvalue weighted by Crippen LogP contribution is 2.29. The molecule has 3 nitrogen and oxygen atoms in total. The molecule has 0 fully saturated rings. The van der Waals surface area contributed by atoms with E-state index in [4.69, 9.17) is 21.1 Å². The molecular weight excluding hydrogens is 281 g/mol. The van der Waals surface area contributed by atoms with E-state index >= 15 is 0 Å². The molecule has 3 rings (SSSR count). The fourth-order valence-electron chi connectivity index (χ4n) is 2.15. The van der Waals surface area contributed by atoms with Crippen LogP contribution in [0.5, 0.6) is 11.5 Å². The number of nitrogens with zero attached hydrogens (tertiary/aromatic N) is 1. The molecule has 1 unspecified atom stereocenters. The maximum Gasteiger partial charge on any atom is 0.137 e. The van der Waals surface area contributed by atoms with E-state index < -0.39 is 0 Å². The maximum absolute atomic E-state index is 13.1. The zero-order valence-electron chi connectivity index (χ0n) is 10.7. The van der Waals surface area contributed by atoms with Gasteiger partial charge in [-0.2, -0.15) is 0 Å². The number of alkyl halides is 1. The summed E-state index contributed by atoms with van der Waals surface area (Å²) in [5.74, 6) is 1.54. The van der Waals surface area contributed by atoms with Crippen molar-refractivity contribution in [3.05, 3.63) is 53.6 Å². The summed E-state index contributed by atoms with van der Waals surface area (Å²) >= 11 is 5.67. The molecule has 0 bridgehead atoms. The van der Waals surface area contributed by atoms with Crippen molar-refractivity contribution in [3.8, 4) is 11.5 Å². The monoisotopic (exact) mass is 293 g/mol. The first kappa shape index (κ1) is 13.2. The van der Waals surface area contributed by atoms with Crippen molar-refractivity contribution in [3.63, 3.8) is 0 Å². The molecule has 0 N–H and O–H groups in total. The highest BCUT2D eigenvalue weighted by Gasteiger charge is 2.23. The molecule has 5 heteroatoms. The molecule has 20 heavy (non-hydrogen) atoms. The number of hydrogen-bond donors (Lipinski definition) is 0. The van der Waals surface area contributed by atoms with E-state index in [1.54, 1.807) is 12.3 Å². The van der Waals surface area contributed by atoms with Crippen molar-refractivity contribution >= 4 is 11.6 Å². The van der Waals surface area contributed by atoms with Crippen LogP contribution in [0.1, 0.15) is 11.3 Å². The standard InChI is InChI=1S/C15H13ClFNO2/c16-7-12-2-3-13(8-18-12)19-9-14-6-10-5-11(17)1-4-15(10)20-14/h1-5,8,14H,6-7,9H2. The molecule has 1 aliphatic rings. The molecule has 0 aliphatic carbocycles. The van der Waals surface area contributed by atoms with Crippen LogP contribution in [0.3, 0.4) is 0 Å². The summed E-state index contributed by atoms with van der Waals surface area (Å²) in [5.41, 5.74) is 1.69. The Balaban J connectivity index is 1.58. The molecule has 2 aromatic rings. The molecule has 0 spiro atoms. The molecule has 2 heterocycles. The van der Waals surface area contributed by atoms with Gasteiger partial charge in [0, 0.05) is 12.0 Å². The first-order valence-electron chi connectivity index (χ1n) is 6.33. The molecule has 1 aromatic carbocycles. The zero-order chi connectivity index (χ0) is 13.9. The largest absolute Gasteiger partial charge is 0.488 e. The summed E-state index contributed by atoms with van der Waals surface area (Å²) < 4.78 is 24.4. The first-order valence-corrected chi connectivity index (χ1v) is 6.87. The average Bonchev–Trinajstić information content (AvgIpc) is 2.87. The SMILES string of the molecule is Fc1ccc2c(c1)CC(COc1ccc(CCl)nc1)O2. The van der Waals surface area contributed by atoms with Crippen LogP contribution in [0.2, 0.25) is 0 Å². The predicted octanol–water partition coefficient (Wildman–Crippen LogP) is 3.34. The summed E-state index contributed by atoms with van der Waals surface area (Å²) in [5, 5.41) is 0. The Labute approximate surface area is 121 Å². The van der Waals surface area contributed by atoms with Crippen LogP contribution in [-0.2, 0) is 12.3 Å². The van der Waals surface area contributed by atoms with Crippen LogP contribution in [0.15, 0.2) is 36.5 Å². The van der Waals surface area contributed by atoms with Gasteiger partial charge in [-0.3, -0.25) is 4.98 Å². The van der Waals surface area contributed by atoms with E-state index in [1.165, 1.54) is 12.1 Å². The second-order valence-corrected chi connectivity index (χ2v) is 4.89. The van der Waals surface area contributed by atoms with Crippen LogP contribution in [-0.4, -0.2) is 17.7 Å². The Hall–Kier alpha value is -1.81. The molecule has 0 amide bonds. The number of benzene rings is 1. The summed E-state index contributed by atoms with van der Waals surface area (Å²) in [6.45, 7) is 0.401. The lowest BCUT2D eigenvalue weighted by Crippen LogP contribution is -2.22. The quantitative estimate of drug-likeness (QED) is 0.810. The zero-order valence-corrected chi connectivity index (χ0v) is 11.4. The van der Waals surface area contributed by atoms with Crippen LogP contribution < -0.4 is 9.47 Å². The fourth-order valence-corrected chi connectivity index (χ4v) is 2.30. The second kappa shape index (κ2) is 5.67. The van der Waals surface area contributed by atoms with E-state index in [-0.39, 0.29) is 11.9 Å². The molecule has 0 radical (unpaired) electrons. The predicted molar refractivity (Wildman–Crippen MR) is 73.8 cm³/mol. The lowest BCUT2D eigenvalue weighted by molar-refractivity contribution is 0.148. The molecule has 1 aromatic heterocycles. The molecular formula is C15H13ClFNO2. The molecule has 1 aliphatic heterocycles. The van der Waals surface area contributed by atoms with Gasteiger partial charge in [0.05, 0.1) is 17.8 Å². The summed E-state index contributed by atoms with van der Waals surface area (Å²) in [6, 6.07) is 8.21. The van der Waals surface area contributed by atoms with Gasteiger partial charge in [0.15, 0.2) is 0 Å². The van der Waals surface area contributed by atoms with Gasteiger partial charge in [-0.05, 0) is 30.3 Å². The van der Waals surface area contributed by atoms with Gasteiger partial charge in [0.25, 0.3) is 0 Å². The first-order chi connectivity index (χ1) is 9.74. The Morgan fingerprint density at radius 2 is 2.25 bits per heavy atom. The number of halogens is 2. The van der Waals surface area contributed by atoms with Crippen molar-refractivity contribution in [1.29, 1.82) is 0 Å². The summed E-state index contributed by atoms with van der Waals surface area (Å²) in [4.78, 5) is 4.15. The van der Waals surface area contributed by atoms with Crippen LogP contribution in [0.25, 0.3) is 0 Å². The number of fused-ring (bicyclic) bond motifs is 1. The van der Waals surface area contributed by atoms with E-state index in [0.717, 1.165) is 17.0 Å². The highest BCUT2D eigenvalue weighted by atomic mass is 35.5. The van der Waals surface area contributed by atoms with Crippen LogP contribution in [0.4, 0.5) is 4.39 Å². The third-order valence-electron chi connectivity index (χ3n) is 3.13. The summed E-state index contributed by atoms with van der Waals surface area (Å²) in [6.07, 6.45) is 2.19. The molecule has 0 saturated carbocycles. The minimum Gasteiger partial charge on any atom is -0.488 e. The third-order valence-corrected chi connectivity index (χ3v) is 3.41. The fraction of sp³-hybridized carbons (Fsp3) is 0.267. The summed E-state index contributed by atoms with van der Waals surface area (Å²) in [7, 11) is 0. The molecule has 104 valence electrons. The Morgan fingerprint density at radius 1 is 1.35 bits per heavy atom. The lowest BCUT2D eigenvalue weighted by atomic mass is 10.1. The molecule has 1 atom stereocenters. The van der Waals surface area contributed by atoms with E-state index in [2.05, 4.69) is 4.98 Å². The number of pyridine rings is 1. The van der Waals surface area contributed by atoms with E-state index in [1.807, 2.05) is 12.1 Å². The Morgan fingerprint density at radius 3 is 3.00 bits per heavy atom. The number of aromatic nitrogens is 1. The van der Waals surface area contributed by atoms with E-state index in [9.17, 15) is 4.39 Å². The van der Waals surface area contributed by atoms with Crippen molar-refractivity contribution in [2.24, 2.45) is 0 Å². The number of ether oxygens (including phenoxy) is 2. The number of rotatable bonds is 4. The van der Waals surface area contributed by atoms with Crippen LogP contribution >= 0.6 is 11.6 Å². The number of hydrogen-bond acceptors (Lipinski definition) is 3. The lowest BCUT2D eigenvalue weighted by Gasteiger charge is -2.12. The van der Waals surface area contributed by atoms with Crippen LogP contribution in [0, 0.1) is 5.82 Å². The Kier molecular flexibility index (Phi) is 3.74. The van der Waals surface area contributed by atoms with Gasteiger partial charge in [0.2, 0.25) is 0 Å². The minimum atomic E-state index is -0.241.